The Morgan fingerprint density at radius 2 is 1.48 bits per heavy atom. The maximum Gasteiger partial charge on any atom is 0.309 e. The average Bonchev–Trinajstić information content (AvgIpc) is 3.46. The molecule has 1 aliphatic carbocycles. The van der Waals surface area contributed by atoms with Crippen LogP contribution in [-0.4, -0.2) is 23.1 Å². The van der Waals surface area contributed by atoms with E-state index in [1.165, 1.54) is 64.2 Å². The van der Waals surface area contributed by atoms with Gasteiger partial charge in [-0.3, -0.25) is 9.59 Å². The van der Waals surface area contributed by atoms with E-state index >= 15 is 0 Å². The van der Waals surface area contributed by atoms with Gasteiger partial charge in [0.15, 0.2) is 0 Å². The van der Waals surface area contributed by atoms with Crippen LogP contribution in [-0.2, 0) is 14.3 Å². The summed E-state index contributed by atoms with van der Waals surface area (Å²) in [7, 11) is 0. The van der Waals surface area contributed by atoms with Gasteiger partial charge in [0.2, 0.25) is 0 Å². The van der Waals surface area contributed by atoms with Crippen molar-refractivity contribution < 1.29 is 19.4 Å². The van der Waals surface area contributed by atoms with Crippen molar-refractivity contribution in [1.82, 2.24) is 0 Å². The molecule has 27 heavy (non-hydrogen) atoms. The summed E-state index contributed by atoms with van der Waals surface area (Å²) in [6.07, 6.45) is 17.6. The van der Waals surface area contributed by atoms with Crippen LogP contribution >= 0.6 is 0 Å². The van der Waals surface area contributed by atoms with Gasteiger partial charge in [0, 0.05) is 6.42 Å². The minimum atomic E-state index is -0.877. The summed E-state index contributed by atoms with van der Waals surface area (Å²) in [5.74, 6) is -0.909. The molecule has 2 unspecified atom stereocenters. The van der Waals surface area contributed by atoms with E-state index in [0.29, 0.717) is 12.8 Å². The third kappa shape index (κ3) is 12.9. The quantitative estimate of drug-likeness (QED) is 0.217. The second kappa shape index (κ2) is 14.9. The first-order valence-corrected chi connectivity index (χ1v) is 11.5. The third-order valence-corrected chi connectivity index (χ3v) is 5.76. The van der Waals surface area contributed by atoms with Crippen LogP contribution in [0.1, 0.15) is 117 Å². The Morgan fingerprint density at radius 1 is 0.926 bits per heavy atom. The Labute approximate surface area is 166 Å². The van der Waals surface area contributed by atoms with Crippen molar-refractivity contribution in [1.29, 1.82) is 0 Å². The summed E-state index contributed by atoms with van der Waals surface area (Å²) in [6, 6.07) is 0. The van der Waals surface area contributed by atoms with Crippen LogP contribution in [0.5, 0.6) is 0 Å². The Kier molecular flexibility index (Phi) is 13.3. The van der Waals surface area contributed by atoms with Crippen LogP contribution in [0.15, 0.2) is 0 Å². The van der Waals surface area contributed by atoms with Crippen molar-refractivity contribution >= 4 is 11.9 Å². The molecular weight excluding hydrogens is 340 g/mol. The fourth-order valence-corrected chi connectivity index (χ4v) is 3.57. The monoisotopic (exact) mass is 382 g/mol. The zero-order chi connectivity index (χ0) is 19.9. The van der Waals surface area contributed by atoms with Gasteiger partial charge in [-0.1, -0.05) is 77.6 Å². The Bertz CT molecular complexity index is 403. The molecule has 4 nitrogen and oxygen atoms in total. The highest BCUT2D eigenvalue weighted by Crippen LogP contribution is 2.34. The molecule has 1 saturated carbocycles. The molecule has 2 atom stereocenters. The van der Waals surface area contributed by atoms with Gasteiger partial charge < -0.3 is 9.84 Å². The van der Waals surface area contributed by atoms with Crippen molar-refractivity contribution in [3.8, 4) is 0 Å². The highest BCUT2D eigenvalue weighted by molar-refractivity contribution is 5.72. The molecule has 0 aliphatic heterocycles. The minimum absolute atomic E-state index is 0.221. The maximum absolute atomic E-state index is 12.0. The summed E-state index contributed by atoms with van der Waals surface area (Å²) in [5.41, 5.74) is 0. The van der Waals surface area contributed by atoms with Gasteiger partial charge in [-0.15, -0.1) is 0 Å². The van der Waals surface area contributed by atoms with Gasteiger partial charge in [0.05, 0.1) is 5.92 Å². The largest absolute Gasteiger partial charge is 0.481 e. The van der Waals surface area contributed by atoms with E-state index in [4.69, 9.17) is 4.74 Å². The van der Waals surface area contributed by atoms with E-state index in [2.05, 4.69) is 6.92 Å². The summed E-state index contributed by atoms with van der Waals surface area (Å²) in [6.45, 7) is 3.89. The van der Waals surface area contributed by atoms with Gasteiger partial charge in [-0.05, 0) is 38.5 Å². The summed E-state index contributed by atoms with van der Waals surface area (Å²) in [4.78, 5) is 23.4. The Balaban J connectivity index is 2.13. The number of rotatable bonds is 18. The molecule has 1 rings (SSSR count). The normalized spacial score (nSPS) is 16.1. The highest BCUT2D eigenvalue weighted by atomic mass is 16.5. The summed E-state index contributed by atoms with van der Waals surface area (Å²) < 4.78 is 5.54. The summed E-state index contributed by atoms with van der Waals surface area (Å²) >= 11 is 0. The maximum atomic E-state index is 12.0. The number of hydrogen-bond donors (Lipinski definition) is 1. The van der Waals surface area contributed by atoms with Crippen LogP contribution in [0.25, 0.3) is 0 Å². The van der Waals surface area contributed by atoms with E-state index in [1.807, 2.05) is 0 Å². The molecule has 0 radical (unpaired) electrons. The molecular formula is C23H42O4. The lowest BCUT2D eigenvalue weighted by atomic mass is 9.98. The number of unbranched alkanes of at least 4 members (excludes halogenated alkanes) is 9. The molecule has 0 aromatic carbocycles. The fourth-order valence-electron chi connectivity index (χ4n) is 3.57. The number of esters is 1. The molecule has 1 N–H and O–H groups in total. The van der Waals surface area contributed by atoms with Crippen LogP contribution in [0.4, 0.5) is 0 Å². The minimum Gasteiger partial charge on any atom is -0.481 e. The van der Waals surface area contributed by atoms with Crippen LogP contribution in [0, 0.1) is 11.8 Å². The van der Waals surface area contributed by atoms with Crippen molar-refractivity contribution in [2.24, 2.45) is 11.8 Å². The molecule has 0 aromatic rings. The second-order valence-corrected chi connectivity index (χ2v) is 8.46. The molecule has 158 valence electrons. The van der Waals surface area contributed by atoms with Crippen LogP contribution in [0.3, 0.4) is 0 Å². The molecule has 4 heteroatoms. The molecule has 0 spiro atoms. The van der Waals surface area contributed by atoms with Crippen molar-refractivity contribution in [3.63, 3.8) is 0 Å². The third-order valence-electron chi connectivity index (χ3n) is 5.76. The van der Waals surface area contributed by atoms with Gasteiger partial charge >= 0.3 is 11.9 Å². The summed E-state index contributed by atoms with van der Waals surface area (Å²) in [5, 5.41) is 9.29. The van der Waals surface area contributed by atoms with E-state index in [-0.39, 0.29) is 5.97 Å². The van der Waals surface area contributed by atoms with E-state index in [1.54, 1.807) is 6.92 Å². The van der Waals surface area contributed by atoms with Gasteiger partial charge in [0.1, 0.15) is 6.10 Å². The first kappa shape index (κ1) is 24.0. The molecule has 1 fully saturated rings. The lowest BCUT2D eigenvalue weighted by Crippen LogP contribution is -2.30. The van der Waals surface area contributed by atoms with Crippen LogP contribution < -0.4 is 0 Å². The van der Waals surface area contributed by atoms with Crippen molar-refractivity contribution in [2.45, 2.75) is 123 Å². The number of hydrogen-bond acceptors (Lipinski definition) is 3. The first-order valence-electron chi connectivity index (χ1n) is 11.5. The SMILES string of the molecule is CCCCCCCCCCCCC(OC(=O)CCCC1CC1)C(C)C(=O)O. The second-order valence-electron chi connectivity index (χ2n) is 8.46. The number of aliphatic carboxylic acids is 1. The lowest BCUT2D eigenvalue weighted by Gasteiger charge is -2.21. The topological polar surface area (TPSA) is 63.6 Å². The molecule has 0 heterocycles. The Hall–Kier alpha value is -1.06. The van der Waals surface area contributed by atoms with Crippen LogP contribution in [0.2, 0.25) is 0 Å². The number of ether oxygens (including phenoxy) is 1. The zero-order valence-corrected chi connectivity index (χ0v) is 17.7. The standard InChI is InChI=1S/C23H42O4/c1-3-4-5-6-7-8-9-10-11-12-15-21(19(2)23(25)26)27-22(24)16-13-14-20-17-18-20/h19-21H,3-18H2,1-2H3,(H,25,26). The predicted molar refractivity (Wildman–Crippen MR) is 110 cm³/mol. The van der Waals surface area contributed by atoms with Gasteiger partial charge in [-0.2, -0.15) is 0 Å². The molecule has 1 aliphatic rings. The fraction of sp³-hybridized carbons (Fsp3) is 0.913. The number of carboxylic acids is 1. The Morgan fingerprint density at radius 3 is 2.00 bits per heavy atom. The van der Waals surface area contributed by atoms with Gasteiger partial charge in [-0.25, -0.2) is 0 Å². The number of carbonyl (C=O) groups is 2. The zero-order valence-electron chi connectivity index (χ0n) is 17.7. The molecule has 0 amide bonds. The average molecular weight is 383 g/mol. The van der Waals surface area contributed by atoms with Crippen molar-refractivity contribution in [3.05, 3.63) is 0 Å². The van der Waals surface area contributed by atoms with Crippen molar-refractivity contribution in [2.75, 3.05) is 0 Å². The van der Waals surface area contributed by atoms with E-state index in [9.17, 15) is 14.7 Å². The number of carboxylic acid groups (broad SMARTS) is 1. The lowest BCUT2D eigenvalue weighted by molar-refractivity contribution is -0.158. The van der Waals surface area contributed by atoms with E-state index in [0.717, 1.165) is 31.6 Å². The molecule has 0 saturated heterocycles. The van der Waals surface area contributed by atoms with E-state index < -0.39 is 18.0 Å². The predicted octanol–water partition coefficient (Wildman–Crippen LogP) is 6.51. The first-order chi connectivity index (χ1) is 13.0. The highest BCUT2D eigenvalue weighted by Gasteiger charge is 2.27. The number of carbonyl (C=O) groups excluding carboxylic acids is 1. The smallest absolute Gasteiger partial charge is 0.309 e. The molecule has 0 aromatic heterocycles. The molecule has 0 bridgehead atoms. The van der Waals surface area contributed by atoms with Gasteiger partial charge in [0.25, 0.3) is 0 Å².